The van der Waals surface area contributed by atoms with Crippen LogP contribution in [0.3, 0.4) is 0 Å². The number of sulfonamides is 1. The molecule has 38 heavy (non-hydrogen) atoms. The molecule has 1 aliphatic heterocycles. The third kappa shape index (κ3) is 5.74. The Morgan fingerprint density at radius 2 is 1.79 bits per heavy atom. The van der Waals surface area contributed by atoms with E-state index in [9.17, 15) is 37.8 Å². The van der Waals surface area contributed by atoms with Crippen molar-refractivity contribution < 1.29 is 37.8 Å². The van der Waals surface area contributed by atoms with Gasteiger partial charge in [-0.1, -0.05) is 26.8 Å². The molecular weight excluding hydrogens is 512 g/mol. The van der Waals surface area contributed by atoms with Crippen molar-refractivity contribution in [2.45, 2.75) is 102 Å². The molecule has 1 unspecified atom stereocenters. The van der Waals surface area contributed by atoms with E-state index in [1.165, 1.54) is 4.90 Å². The van der Waals surface area contributed by atoms with Gasteiger partial charge in [-0.05, 0) is 43.4 Å². The van der Waals surface area contributed by atoms with Gasteiger partial charge in [0, 0.05) is 38.1 Å². The van der Waals surface area contributed by atoms with Gasteiger partial charge < -0.3 is 15.1 Å². The van der Waals surface area contributed by atoms with Gasteiger partial charge in [0.1, 0.15) is 5.78 Å². The third-order valence-corrected chi connectivity index (χ3v) is 10.5. The maximum absolute atomic E-state index is 13.7. The van der Waals surface area contributed by atoms with Gasteiger partial charge in [-0.3, -0.25) is 23.9 Å². The first-order chi connectivity index (χ1) is 17.5. The summed E-state index contributed by atoms with van der Waals surface area (Å²) >= 11 is 0. The van der Waals surface area contributed by atoms with Gasteiger partial charge in [0.15, 0.2) is 5.78 Å². The van der Waals surface area contributed by atoms with Crippen molar-refractivity contribution in [3.8, 4) is 0 Å². The minimum Gasteiger partial charge on any atom is -0.391 e. The Morgan fingerprint density at radius 3 is 2.29 bits per heavy atom. The zero-order valence-corrected chi connectivity index (χ0v) is 23.3. The number of nitrogens with zero attached hydrogens (tertiary/aromatic N) is 1. The Kier molecular flexibility index (Phi) is 7.46. The number of carbonyl (C=O) groups excluding carboxylic acids is 4. The van der Waals surface area contributed by atoms with Gasteiger partial charge in [0.05, 0.1) is 28.4 Å². The summed E-state index contributed by atoms with van der Waals surface area (Å²) in [5, 5.41) is 20.6. The van der Waals surface area contributed by atoms with Crippen molar-refractivity contribution in [2.24, 2.45) is 22.7 Å². The molecule has 0 spiro atoms. The zero-order chi connectivity index (χ0) is 28.3. The Balaban J connectivity index is 1.52. The number of carbonyl (C=O) groups is 4. The quantitative estimate of drug-likeness (QED) is 0.305. The number of β-amino-alcohol motifs (C(OH)–C–C–N with tert-alkyl or cyclic N) is 1. The third-order valence-electron chi connectivity index (χ3n) is 8.64. The Bertz CT molecular complexity index is 1140. The summed E-state index contributed by atoms with van der Waals surface area (Å²) in [6, 6.07) is -1.06. The molecule has 0 aromatic heterocycles. The van der Waals surface area contributed by atoms with E-state index in [-0.39, 0.29) is 31.6 Å². The number of rotatable bonds is 12. The molecule has 4 aliphatic rings. The molecule has 10 nitrogen and oxygen atoms in total. The number of aliphatic hydroxyl groups is 2. The number of nitrogens with one attached hydrogen (secondary N) is 1. The molecule has 1 saturated heterocycles. The van der Waals surface area contributed by atoms with E-state index in [0.717, 1.165) is 18.9 Å². The number of amides is 2. The predicted molar refractivity (Wildman–Crippen MR) is 138 cm³/mol. The second-order valence-corrected chi connectivity index (χ2v) is 14.9. The Labute approximate surface area is 224 Å². The summed E-state index contributed by atoms with van der Waals surface area (Å²) in [6.07, 6.45) is 2.85. The van der Waals surface area contributed by atoms with E-state index in [2.05, 4.69) is 6.58 Å². The maximum Gasteiger partial charge on any atom is 0.243 e. The van der Waals surface area contributed by atoms with Crippen LogP contribution in [-0.4, -0.2) is 76.5 Å². The van der Waals surface area contributed by atoms with E-state index >= 15 is 0 Å². The average molecular weight is 553 g/mol. The Hall–Kier alpha value is -2.11. The van der Waals surface area contributed by atoms with Crippen molar-refractivity contribution in [3.05, 3.63) is 12.7 Å². The molecule has 3 aliphatic carbocycles. The zero-order valence-electron chi connectivity index (χ0n) is 22.4. The molecule has 11 heteroatoms. The highest BCUT2D eigenvalue weighted by atomic mass is 32.2. The van der Waals surface area contributed by atoms with Crippen molar-refractivity contribution in [1.82, 2.24) is 9.62 Å². The van der Waals surface area contributed by atoms with E-state index in [0.29, 0.717) is 25.2 Å². The second kappa shape index (κ2) is 9.82. The summed E-state index contributed by atoms with van der Waals surface area (Å²) in [6.45, 7) is 9.04. The van der Waals surface area contributed by atoms with Crippen LogP contribution >= 0.6 is 0 Å². The van der Waals surface area contributed by atoms with Crippen molar-refractivity contribution in [3.63, 3.8) is 0 Å². The van der Waals surface area contributed by atoms with Crippen LogP contribution in [0.4, 0.5) is 0 Å². The van der Waals surface area contributed by atoms with Crippen LogP contribution in [0.15, 0.2) is 12.7 Å². The van der Waals surface area contributed by atoms with E-state index < -0.39 is 73.8 Å². The largest absolute Gasteiger partial charge is 0.391 e. The molecule has 0 radical (unpaired) electrons. The smallest absolute Gasteiger partial charge is 0.243 e. The first-order valence-corrected chi connectivity index (χ1v) is 15.0. The normalized spacial score (nSPS) is 32.0. The lowest BCUT2D eigenvalue weighted by Gasteiger charge is -2.35. The Morgan fingerprint density at radius 1 is 1.16 bits per heavy atom. The van der Waals surface area contributed by atoms with E-state index in [1.807, 2.05) is 25.5 Å². The fourth-order valence-electron chi connectivity index (χ4n) is 5.64. The number of Topliss-reactive ketones (excluding diaryl/α,β-unsaturated/α-hetero) is 2. The summed E-state index contributed by atoms with van der Waals surface area (Å²) in [7, 11) is -3.91. The standard InChI is InChI=1S/C27H40N2O8S/c1-5-27(35)15-26(27,24(34)28-38(36,37)19-8-9-19)13-22(32)21-12-18(31)14-29(21)23(33)20(25(2,3)4)11-17(30)10-16-6-7-16/h5,16,18-21,31,35H,1,6-15H2,2-4H3,(H,28,34)/t18-,20-,21+,26-,27?/m1/s1. The van der Waals surface area contributed by atoms with Crippen LogP contribution in [-0.2, 0) is 29.2 Å². The van der Waals surface area contributed by atoms with Crippen LogP contribution in [0, 0.1) is 22.7 Å². The van der Waals surface area contributed by atoms with Gasteiger partial charge >= 0.3 is 0 Å². The van der Waals surface area contributed by atoms with Gasteiger partial charge in [0.2, 0.25) is 21.8 Å². The molecule has 2 amide bonds. The van der Waals surface area contributed by atoms with Crippen LogP contribution < -0.4 is 4.72 Å². The molecule has 3 N–H and O–H groups in total. The highest BCUT2D eigenvalue weighted by molar-refractivity contribution is 7.90. The molecule has 212 valence electrons. The van der Waals surface area contributed by atoms with Crippen molar-refractivity contribution >= 4 is 33.4 Å². The average Bonchev–Trinajstić information content (AvgIpc) is 3.70. The molecule has 0 aromatic rings. The molecule has 1 heterocycles. The second-order valence-electron chi connectivity index (χ2n) is 12.9. The minimum absolute atomic E-state index is 0.00456. The number of hydrogen-bond acceptors (Lipinski definition) is 8. The fourth-order valence-corrected chi connectivity index (χ4v) is 7.02. The van der Waals surface area contributed by atoms with Crippen molar-refractivity contribution in [2.75, 3.05) is 6.54 Å². The lowest BCUT2D eigenvalue weighted by molar-refractivity contribution is -0.146. The van der Waals surface area contributed by atoms with Gasteiger partial charge in [-0.2, -0.15) is 0 Å². The monoisotopic (exact) mass is 552 g/mol. The lowest BCUT2D eigenvalue weighted by Crippen LogP contribution is -2.49. The van der Waals surface area contributed by atoms with E-state index in [4.69, 9.17) is 0 Å². The number of ketones is 2. The summed E-state index contributed by atoms with van der Waals surface area (Å²) in [5.41, 5.74) is -4.06. The molecule has 5 atom stereocenters. The van der Waals surface area contributed by atoms with Crippen LogP contribution in [0.25, 0.3) is 0 Å². The molecule has 4 rings (SSSR count). The molecule has 3 saturated carbocycles. The van der Waals surface area contributed by atoms with Gasteiger partial charge in [-0.15, -0.1) is 6.58 Å². The summed E-state index contributed by atoms with van der Waals surface area (Å²) < 4.78 is 26.8. The first-order valence-electron chi connectivity index (χ1n) is 13.5. The van der Waals surface area contributed by atoms with Crippen LogP contribution in [0.2, 0.25) is 0 Å². The highest BCUT2D eigenvalue weighted by Gasteiger charge is 2.71. The predicted octanol–water partition coefficient (Wildman–Crippen LogP) is 1.24. The molecule has 4 fully saturated rings. The number of hydrogen-bond donors (Lipinski definition) is 3. The first kappa shape index (κ1) is 28.9. The van der Waals surface area contributed by atoms with E-state index in [1.54, 1.807) is 0 Å². The van der Waals surface area contributed by atoms with Crippen LogP contribution in [0.5, 0.6) is 0 Å². The van der Waals surface area contributed by atoms with Gasteiger partial charge in [-0.25, -0.2) is 8.42 Å². The minimum atomic E-state index is -3.91. The topological polar surface area (TPSA) is 158 Å². The lowest BCUT2D eigenvalue weighted by atomic mass is 9.76. The SMILES string of the molecule is C=CC1(O)C[C@]1(CC(=O)[C@@H]1C[C@@H](O)CN1C(=O)[C@@H](CC(=O)CC1CC1)C(C)(C)C)C(=O)NS(=O)(=O)C1CC1. The summed E-state index contributed by atoms with van der Waals surface area (Å²) in [4.78, 5) is 54.4. The van der Waals surface area contributed by atoms with Crippen LogP contribution in [0.1, 0.15) is 78.6 Å². The fraction of sp³-hybridized carbons (Fsp3) is 0.778. The molecule has 0 bridgehead atoms. The van der Waals surface area contributed by atoms with Crippen molar-refractivity contribution in [1.29, 1.82) is 0 Å². The molecular formula is C27H40N2O8S. The highest BCUT2D eigenvalue weighted by Crippen LogP contribution is 2.60. The number of likely N-dealkylation sites (tertiary alicyclic amines) is 1. The summed E-state index contributed by atoms with van der Waals surface area (Å²) in [5.74, 6) is -2.22. The maximum atomic E-state index is 13.7. The van der Waals surface area contributed by atoms with Gasteiger partial charge in [0.25, 0.3) is 0 Å². The molecule has 0 aromatic carbocycles. The number of aliphatic hydroxyl groups excluding tert-OH is 1.